The van der Waals surface area contributed by atoms with Gasteiger partial charge in [0.15, 0.2) is 5.16 Å². The van der Waals surface area contributed by atoms with E-state index in [-0.39, 0.29) is 11.2 Å². The SMILES string of the molecule is COCCn1cnnc1SC(C)C(=O)Nc1cccc2ncccc12. The van der Waals surface area contributed by atoms with Crippen LogP contribution in [0.4, 0.5) is 5.69 Å². The number of pyridine rings is 1. The second kappa shape index (κ2) is 8.09. The molecule has 0 aliphatic rings. The summed E-state index contributed by atoms with van der Waals surface area (Å²) in [6.07, 6.45) is 3.38. The Morgan fingerprint density at radius 1 is 1.36 bits per heavy atom. The molecular formula is C17H19N5O2S. The lowest BCUT2D eigenvalue weighted by Gasteiger charge is -2.13. The Labute approximate surface area is 149 Å². The number of rotatable bonds is 7. The van der Waals surface area contributed by atoms with Gasteiger partial charge < -0.3 is 14.6 Å². The van der Waals surface area contributed by atoms with E-state index in [1.807, 2.05) is 41.8 Å². The zero-order valence-electron chi connectivity index (χ0n) is 14.0. The first-order valence-corrected chi connectivity index (χ1v) is 8.75. The lowest BCUT2D eigenvalue weighted by atomic mass is 10.2. The molecule has 0 bridgehead atoms. The molecule has 0 saturated heterocycles. The van der Waals surface area contributed by atoms with Crippen LogP contribution in [0.5, 0.6) is 0 Å². The van der Waals surface area contributed by atoms with Crippen molar-refractivity contribution in [2.24, 2.45) is 0 Å². The van der Waals surface area contributed by atoms with Crippen molar-refractivity contribution in [3.05, 3.63) is 42.9 Å². The van der Waals surface area contributed by atoms with Crippen LogP contribution in [0.25, 0.3) is 10.9 Å². The fraction of sp³-hybridized carbons (Fsp3) is 0.294. The van der Waals surface area contributed by atoms with Gasteiger partial charge in [0.2, 0.25) is 5.91 Å². The molecule has 0 aliphatic carbocycles. The number of nitrogens with zero attached hydrogens (tertiary/aromatic N) is 4. The number of nitrogens with one attached hydrogen (secondary N) is 1. The van der Waals surface area contributed by atoms with Crippen LogP contribution in [0.1, 0.15) is 6.92 Å². The standard InChI is InChI=1S/C17H19N5O2S/c1-12(25-17-21-19-11-22(17)9-10-24-2)16(23)20-15-7-3-6-14-13(15)5-4-8-18-14/h3-8,11-12H,9-10H2,1-2H3,(H,20,23). The zero-order chi connectivity index (χ0) is 17.6. The summed E-state index contributed by atoms with van der Waals surface area (Å²) >= 11 is 1.37. The number of carbonyl (C=O) groups excluding carboxylic acids is 1. The van der Waals surface area contributed by atoms with E-state index >= 15 is 0 Å². The minimum atomic E-state index is -0.322. The first-order chi connectivity index (χ1) is 12.2. The minimum Gasteiger partial charge on any atom is -0.383 e. The van der Waals surface area contributed by atoms with E-state index in [1.54, 1.807) is 19.6 Å². The number of anilines is 1. The zero-order valence-corrected chi connectivity index (χ0v) is 14.9. The maximum atomic E-state index is 12.6. The molecule has 0 spiro atoms. The molecule has 0 radical (unpaired) electrons. The van der Waals surface area contributed by atoms with Gasteiger partial charge in [0.25, 0.3) is 0 Å². The summed E-state index contributed by atoms with van der Waals surface area (Å²) in [6.45, 7) is 3.06. The van der Waals surface area contributed by atoms with Gasteiger partial charge in [0.05, 0.1) is 23.1 Å². The average molecular weight is 357 g/mol. The van der Waals surface area contributed by atoms with Crippen molar-refractivity contribution in [1.82, 2.24) is 19.7 Å². The number of methoxy groups -OCH3 is 1. The summed E-state index contributed by atoms with van der Waals surface area (Å²) in [4.78, 5) is 16.9. The van der Waals surface area contributed by atoms with Gasteiger partial charge >= 0.3 is 0 Å². The van der Waals surface area contributed by atoms with E-state index in [2.05, 4.69) is 20.5 Å². The first kappa shape index (κ1) is 17.4. The van der Waals surface area contributed by atoms with Crippen molar-refractivity contribution in [2.75, 3.05) is 19.0 Å². The fourth-order valence-corrected chi connectivity index (χ4v) is 3.19. The highest BCUT2D eigenvalue weighted by Crippen LogP contribution is 2.25. The second-order valence-electron chi connectivity index (χ2n) is 5.42. The summed E-state index contributed by atoms with van der Waals surface area (Å²) in [6, 6.07) is 9.47. The van der Waals surface area contributed by atoms with E-state index < -0.39 is 0 Å². The lowest BCUT2D eigenvalue weighted by Crippen LogP contribution is -2.23. The highest BCUT2D eigenvalue weighted by molar-refractivity contribution is 8.00. The number of amides is 1. The third-order valence-corrected chi connectivity index (χ3v) is 4.77. The topological polar surface area (TPSA) is 81.9 Å². The molecule has 1 aromatic carbocycles. The van der Waals surface area contributed by atoms with Crippen molar-refractivity contribution < 1.29 is 9.53 Å². The summed E-state index contributed by atoms with van der Waals surface area (Å²) in [7, 11) is 1.65. The second-order valence-corrected chi connectivity index (χ2v) is 6.73. The van der Waals surface area contributed by atoms with Gasteiger partial charge in [-0.1, -0.05) is 17.8 Å². The third kappa shape index (κ3) is 4.15. The van der Waals surface area contributed by atoms with Crippen LogP contribution in [-0.2, 0) is 16.1 Å². The minimum absolute atomic E-state index is 0.0948. The number of hydrogen-bond acceptors (Lipinski definition) is 6. The molecule has 8 heteroatoms. The van der Waals surface area contributed by atoms with Crippen LogP contribution in [0.3, 0.4) is 0 Å². The van der Waals surface area contributed by atoms with Crippen LogP contribution >= 0.6 is 11.8 Å². The van der Waals surface area contributed by atoms with E-state index in [1.165, 1.54) is 11.8 Å². The van der Waals surface area contributed by atoms with Crippen LogP contribution in [0.2, 0.25) is 0 Å². The molecule has 130 valence electrons. The lowest BCUT2D eigenvalue weighted by molar-refractivity contribution is -0.115. The summed E-state index contributed by atoms with van der Waals surface area (Å²) < 4.78 is 6.95. The van der Waals surface area contributed by atoms with Crippen LogP contribution < -0.4 is 5.32 Å². The number of benzene rings is 1. The molecule has 0 aliphatic heterocycles. The molecule has 0 fully saturated rings. The highest BCUT2D eigenvalue weighted by atomic mass is 32.2. The first-order valence-electron chi connectivity index (χ1n) is 7.87. The Morgan fingerprint density at radius 3 is 3.08 bits per heavy atom. The predicted molar refractivity (Wildman–Crippen MR) is 97.6 cm³/mol. The Kier molecular flexibility index (Phi) is 5.62. The molecule has 3 aromatic rings. The molecule has 1 atom stereocenters. The van der Waals surface area contributed by atoms with Crippen molar-refractivity contribution in [3.63, 3.8) is 0 Å². The van der Waals surface area contributed by atoms with Crippen LogP contribution in [0.15, 0.2) is 48.0 Å². The van der Waals surface area contributed by atoms with Crippen molar-refractivity contribution in [3.8, 4) is 0 Å². The number of thioether (sulfide) groups is 1. The molecule has 1 N–H and O–H groups in total. The highest BCUT2D eigenvalue weighted by Gasteiger charge is 2.18. The molecule has 2 aromatic heterocycles. The van der Waals surface area contributed by atoms with Crippen LogP contribution in [-0.4, -0.2) is 44.6 Å². The van der Waals surface area contributed by atoms with Gasteiger partial charge in [-0.05, 0) is 31.2 Å². The Bertz CT molecular complexity index is 862. The number of fused-ring (bicyclic) bond motifs is 1. The number of hydrogen-bond donors (Lipinski definition) is 1. The largest absolute Gasteiger partial charge is 0.383 e. The third-order valence-electron chi connectivity index (χ3n) is 3.67. The normalized spacial score (nSPS) is 12.2. The summed E-state index contributed by atoms with van der Waals surface area (Å²) in [5, 5.41) is 12.3. The van der Waals surface area contributed by atoms with Gasteiger partial charge in [0, 0.05) is 25.2 Å². The fourth-order valence-electron chi connectivity index (χ4n) is 2.34. The number of aromatic nitrogens is 4. The molecule has 2 heterocycles. The van der Waals surface area contributed by atoms with Crippen LogP contribution in [0, 0.1) is 0 Å². The monoisotopic (exact) mass is 357 g/mol. The summed E-state index contributed by atoms with van der Waals surface area (Å²) in [5.41, 5.74) is 1.60. The van der Waals surface area contributed by atoms with E-state index in [9.17, 15) is 4.79 Å². The Morgan fingerprint density at radius 2 is 2.24 bits per heavy atom. The average Bonchev–Trinajstić information content (AvgIpc) is 3.07. The molecule has 7 nitrogen and oxygen atoms in total. The molecular weight excluding hydrogens is 338 g/mol. The smallest absolute Gasteiger partial charge is 0.237 e. The molecule has 25 heavy (non-hydrogen) atoms. The van der Waals surface area contributed by atoms with E-state index in [4.69, 9.17) is 4.74 Å². The summed E-state index contributed by atoms with van der Waals surface area (Å²) in [5.74, 6) is -0.0948. The number of carbonyl (C=O) groups is 1. The predicted octanol–water partition coefficient (Wildman–Crippen LogP) is 2.59. The molecule has 1 amide bonds. The maximum Gasteiger partial charge on any atom is 0.237 e. The Balaban J connectivity index is 1.69. The maximum absolute atomic E-state index is 12.6. The van der Waals surface area contributed by atoms with Gasteiger partial charge in [0.1, 0.15) is 6.33 Å². The molecule has 1 unspecified atom stereocenters. The van der Waals surface area contributed by atoms with Crippen molar-refractivity contribution in [2.45, 2.75) is 23.9 Å². The Hall–Kier alpha value is -2.45. The van der Waals surface area contributed by atoms with Gasteiger partial charge in [-0.25, -0.2) is 0 Å². The molecule has 3 rings (SSSR count). The van der Waals surface area contributed by atoms with E-state index in [0.717, 1.165) is 16.6 Å². The number of ether oxygens (including phenoxy) is 1. The van der Waals surface area contributed by atoms with Gasteiger partial charge in [-0.3, -0.25) is 9.78 Å². The van der Waals surface area contributed by atoms with Gasteiger partial charge in [-0.15, -0.1) is 10.2 Å². The molecule has 0 saturated carbocycles. The van der Waals surface area contributed by atoms with E-state index in [0.29, 0.717) is 18.3 Å². The van der Waals surface area contributed by atoms with Gasteiger partial charge in [-0.2, -0.15) is 0 Å². The van der Waals surface area contributed by atoms with Crippen molar-refractivity contribution >= 4 is 34.3 Å². The quantitative estimate of drug-likeness (QED) is 0.655. The van der Waals surface area contributed by atoms with Crippen molar-refractivity contribution in [1.29, 1.82) is 0 Å².